The highest BCUT2D eigenvalue weighted by atomic mass is 35.5. The van der Waals surface area contributed by atoms with E-state index in [0.29, 0.717) is 10.7 Å². The number of rotatable bonds is 7. The molecule has 0 saturated carbocycles. The molecule has 0 unspecified atom stereocenters. The van der Waals surface area contributed by atoms with Crippen molar-refractivity contribution < 1.29 is 19.1 Å². The van der Waals surface area contributed by atoms with Gasteiger partial charge in [0.15, 0.2) is 6.10 Å². The third-order valence-electron chi connectivity index (χ3n) is 2.68. The summed E-state index contributed by atoms with van der Waals surface area (Å²) in [5, 5.41) is 3.27. The van der Waals surface area contributed by atoms with E-state index in [2.05, 4.69) is 5.32 Å². The summed E-state index contributed by atoms with van der Waals surface area (Å²) in [5.74, 6) is -0.948. The van der Waals surface area contributed by atoms with Crippen LogP contribution in [0.4, 0.5) is 5.69 Å². The van der Waals surface area contributed by atoms with Crippen molar-refractivity contribution in [2.75, 3.05) is 30.9 Å². The number of likely N-dealkylation sites (N-methyl/N-ethyl adjacent to an activating group) is 1. The second-order valence-electron chi connectivity index (χ2n) is 4.91. The first-order valence-corrected chi connectivity index (χ1v) is 8.36. The lowest BCUT2D eigenvalue weighted by Crippen LogP contribution is -2.35. The molecule has 1 aromatic rings. The van der Waals surface area contributed by atoms with Crippen LogP contribution in [0.3, 0.4) is 0 Å². The van der Waals surface area contributed by atoms with E-state index in [1.54, 1.807) is 38.4 Å². The van der Waals surface area contributed by atoms with Gasteiger partial charge in [0.25, 0.3) is 5.91 Å². The fraction of sp³-hybridized carbons (Fsp3) is 0.400. The van der Waals surface area contributed by atoms with Gasteiger partial charge in [0.05, 0.1) is 11.5 Å². The van der Waals surface area contributed by atoms with Crippen LogP contribution >= 0.6 is 23.4 Å². The van der Waals surface area contributed by atoms with Gasteiger partial charge in [-0.15, -0.1) is 11.8 Å². The molecule has 126 valence electrons. The zero-order valence-corrected chi connectivity index (χ0v) is 14.7. The van der Waals surface area contributed by atoms with Crippen LogP contribution in [0.2, 0.25) is 5.02 Å². The second-order valence-corrected chi connectivity index (χ2v) is 6.33. The van der Waals surface area contributed by atoms with Gasteiger partial charge in [0, 0.05) is 24.8 Å². The summed E-state index contributed by atoms with van der Waals surface area (Å²) < 4.78 is 4.99. The lowest BCUT2D eigenvalue weighted by atomic mass is 10.3. The molecule has 0 aliphatic carbocycles. The van der Waals surface area contributed by atoms with Gasteiger partial charge in [-0.05, 0) is 31.2 Å². The van der Waals surface area contributed by atoms with E-state index in [9.17, 15) is 14.4 Å². The normalized spacial score (nSPS) is 11.5. The number of nitrogens with zero attached hydrogens (tertiary/aromatic N) is 1. The Labute approximate surface area is 144 Å². The molecule has 0 spiro atoms. The third-order valence-corrected chi connectivity index (χ3v) is 3.84. The Morgan fingerprint density at radius 1 is 1.22 bits per heavy atom. The SMILES string of the molecule is C[C@H](OC(=O)CSCC(=O)Nc1ccc(Cl)cc1)C(=O)N(C)C. The Balaban J connectivity index is 2.27. The van der Waals surface area contributed by atoms with Gasteiger partial charge in [-0.3, -0.25) is 14.4 Å². The second kappa shape index (κ2) is 9.42. The van der Waals surface area contributed by atoms with Crippen LogP contribution in [-0.4, -0.2) is 54.4 Å². The van der Waals surface area contributed by atoms with E-state index in [4.69, 9.17) is 16.3 Å². The predicted octanol–water partition coefficient (Wildman–Crippen LogP) is 2.03. The molecule has 0 saturated heterocycles. The van der Waals surface area contributed by atoms with Gasteiger partial charge in [0.1, 0.15) is 0 Å². The maximum absolute atomic E-state index is 11.7. The zero-order valence-electron chi connectivity index (χ0n) is 13.2. The first kappa shape index (κ1) is 19.3. The number of hydrogen-bond donors (Lipinski definition) is 1. The molecule has 0 heterocycles. The molecule has 0 aliphatic heterocycles. The summed E-state index contributed by atoms with van der Waals surface area (Å²) in [6.07, 6.45) is -0.832. The highest BCUT2D eigenvalue weighted by molar-refractivity contribution is 8.00. The number of hydrogen-bond acceptors (Lipinski definition) is 5. The van der Waals surface area contributed by atoms with E-state index >= 15 is 0 Å². The molecule has 0 aliphatic rings. The van der Waals surface area contributed by atoms with Crippen molar-refractivity contribution in [3.8, 4) is 0 Å². The topological polar surface area (TPSA) is 75.7 Å². The zero-order chi connectivity index (χ0) is 17.4. The molecule has 0 aromatic heterocycles. The number of amides is 2. The molecule has 1 rings (SSSR count). The van der Waals surface area contributed by atoms with Crippen molar-refractivity contribution in [2.24, 2.45) is 0 Å². The number of thioether (sulfide) groups is 1. The number of esters is 1. The van der Waals surface area contributed by atoms with Crippen molar-refractivity contribution in [3.63, 3.8) is 0 Å². The maximum Gasteiger partial charge on any atom is 0.316 e. The van der Waals surface area contributed by atoms with Gasteiger partial charge in [0.2, 0.25) is 5.91 Å². The maximum atomic E-state index is 11.7. The van der Waals surface area contributed by atoms with Crippen molar-refractivity contribution in [1.82, 2.24) is 4.90 Å². The highest BCUT2D eigenvalue weighted by Crippen LogP contribution is 2.14. The predicted molar refractivity (Wildman–Crippen MR) is 91.7 cm³/mol. The standard InChI is InChI=1S/C15H19ClN2O4S/c1-10(15(21)18(2)3)22-14(20)9-23-8-13(19)17-12-6-4-11(16)5-7-12/h4-7,10H,8-9H2,1-3H3,(H,17,19)/t10-/m0/s1. The molecule has 0 radical (unpaired) electrons. The molecule has 23 heavy (non-hydrogen) atoms. The van der Waals surface area contributed by atoms with E-state index in [1.165, 1.54) is 11.8 Å². The lowest BCUT2D eigenvalue weighted by molar-refractivity contribution is -0.155. The summed E-state index contributed by atoms with van der Waals surface area (Å²) in [5.41, 5.74) is 0.632. The molecule has 1 aromatic carbocycles. The molecular formula is C15H19ClN2O4S. The number of benzene rings is 1. The molecule has 2 amide bonds. The van der Waals surface area contributed by atoms with E-state index in [-0.39, 0.29) is 23.3 Å². The van der Waals surface area contributed by atoms with Gasteiger partial charge >= 0.3 is 5.97 Å². The van der Waals surface area contributed by atoms with E-state index in [1.807, 2.05) is 0 Å². The number of carbonyl (C=O) groups is 3. The van der Waals surface area contributed by atoms with Crippen molar-refractivity contribution >= 4 is 46.8 Å². The Hall–Kier alpha value is -1.73. The number of halogens is 1. The molecular weight excluding hydrogens is 340 g/mol. The minimum absolute atomic E-state index is 0.000906. The fourth-order valence-corrected chi connectivity index (χ4v) is 2.32. The molecule has 8 heteroatoms. The molecule has 6 nitrogen and oxygen atoms in total. The fourth-order valence-electron chi connectivity index (χ4n) is 1.60. The van der Waals surface area contributed by atoms with Crippen LogP contribution in [-0.2, 0) is 19.1 Å². The quantitative estimate of drug-likeness (QED) is 0.755. The molecule has 1 atom stereocenters. The summed E-state index contributed by atoms with van der Waals surface area (Å²) >= 11 is 6.87. The van der Waals surface area contributed by atoms with Crippen LogP contribution in [0, 0.1) is 0 Å². The van der Waals surface area contributed by atoms with Gasteiger partial charge < -0.3 is 15.0 Å². The first-order chi connectivity index (χ1) is 10.8. The van der Waals surface area contributed by atoms with Crippen LogP contribution < -0.4 is 5.32 Å². The van der Waals surface area contributed by atoms with Gasteiger partial charge in [-0.1, -0.05) is 11.6 Å². The number of ether oxygens (including phenoxy) is 1. The highest BCUT2D eigenvalue weighted by Gasteiger charge is 2.19. The molecule has 1 N–H and O–H groups in total. The van der Waals surface area contributed by atoms with Crippen molar-refractivity contribution in [3.05, 3.63) is 29.3 Å². The number of carbonyl (C=O) groups excluding carboxylic acids is 3. The van der Waals surface area contributed by atoms with Crippen LogP contribution in [0.25, 0.3) is 0 Å². The van der Waals surface area contributed by atoms with Crippen molar-refractivity contribution in [1.29, 1.82) is 0 Å². The average Bonchev–Trinajstić information content (AvgIpc) is 2.48. The number of anilines is 1. The average molecular weight is 359 g/mol. The Morgan fingerprint density at radius 2 is 1.83 bits per heavy atom. The summed E-state index contributed by atoms with van der Waals surface area (Å²) in [4.78, 5) is 36.2. The summed E-state index contributed by atoms with van der Waals surface area (Å²) in [6, 6.07) is 6.72. The van der Waals surface area contributed by atoms with Crippen LogP contribution in [0.5, 0.6) is 0 Å². The summed E-state index contributed by atoms with van der Waals surface area (Å²) in [7, 11) is 3.17. The number of nitrogens with one attached hydrogen (secondary N) is 1. The van der Waals surface area contributed by atoms with Crippen molar-refractivity contribution in [2.45, 2.75) is 13.0 Å². The van der Waals surface area contributed by atoms with Gasteiger partial charge in [-0.2, -0.15) is 0 Å². The molecule has 0 fully saturated rings. The Bertz CT molecular complexity index is 563. The smallest absolute Gasteiger partial charge is 0.316 e. The largest absolute Gasteiger partial charge is 0.452 e. The lowest BCUT2D eigenvalue weighted by Gasteiger charge is -2.17. The third kappa shape index (κ3) is 7.38. The monoisotopic (exact) mass is 358 g/mol. The minimum atomic E-state index is -0.832. The first-order valence-electron chi connectivity index (χ1n) is 6.83. The van der Waals surface area contributed by atoms with Crippen LogP contribution in [0.1, 0.15) is 6.92 Å². The minimum Gasteiger partial charge on any atom is -0.452 e. The van der Waals surface area contributed by atoms with E-state index < -0.39 is 12.1 Å². The summed E-state index contributed by atoms with van der Waals surface area (Å²) in [6.45, 7) is 1.51. The Morgan fingerprint density at radius 3 is 2.39 bits per heavy atom. The van der Waals surface area contributed by atoms with Gasteiger partial charge in [-0.25, -0.2) is 0 Å². The van der Waals surface area contributed by atoms with Crippen LogP contribution in [0.15, 0.2) is 24.3 Å². The molecule has 0 bridgehead atoms. The Kier molecular flexibility index (Phi) is 7.91. The van der Waals surface area contributed by atoms with E-state index in [0.717, 1.165) is 11.8 Å².